The molecule has 1 aliphatic heterocycles. The van der Waals surface area contributed by atoms with Crippen molar-refractivity contribution in [1.29, 1.82) is 0 Å². The van der Waals surface area contributed by atoms with Crippen LogP contribution in [-0.4, -0.2) is 66.8 Å². The molecule has 1 fully saturated rings. The largest absolute Gasteiger partial charge is 0.467 e. The lowest BCUT2D eigenvalue weighted by Gasteiger charge is -2.43. The average Bonchev–Trinajstić information content (AvgIpc) is 3.20. The first-order valence-electron chi connectivity index (χ1n) is 10.2. The van der Waals surface area contributed by atoms with Crippen LogP contribution in [0.25, 0.3) is 10.1 Å². The van der Waals surface area contributed by atoms with E-state index >= 15 is 0 Å². The fraction of sp³-hybridized carbons (Fsp3) is 0.455. The first-order chi connectivity index (χ1) is 16.1. The van der Waals surface area contributed by atoms with Crippen LogP contribution in [0.1, 0.15) is 25.6 Å². The zero-order valence-corrected chi connectivity index (χ0v) is 19.7. The molecule has 1 N–H and O–H groups in total. The monoisotopic (exact) mass is 496 g/mol. The molecule has 0 radical (unpaired) electrons. The van der Waals surface area contributed by atoms with Crippen LogP contribution in [0, 0.1) is 0 Å². The number of fused-ring (bicyclic) bond motifs is 1. The fourth-order valence-corrected chi connectivity index (χ4v) is 4.51. The molecule has 1 aromatic heterocycles. The van der Waals surface area contributed by atoms with E-state index in [4.69, 9.17) is 28.4 Å². The Labute approximate surface area is 198 Å². The summed E-state index contributed by atoms with van der Waals surface area (Å²) >= 11 is 1.35. The van der Waals surface area contributed by atoms with Crippen molar-refractivity contribution in [2.75, 3.05) is 7.11 Å². The van der Waals surface area contributed by atoms with Crippen molar-refractivity contribution in [1.82, 2.24) is 0 Å². The SMILES string of the molecule is COC(=O)[C@H]1OC(Oc2cccc3sc(CO)cc23)[C@H](OC(C)=O)[C@@H](OC(C)=O)[C@@H]1OC(C)=O. The zero-order chi connectivity index (χ0) is 25.0. The molecule has 0 amide bonds. The highest BCUT2D eigenvalue weighted by molar-refractivity contribution is 7.19. The Hall–Kier alpha value is -3.22. The highest BCUT2D eigenvalue weighted by Crippen LogP contribution is 2.36. The first kappa shape index (κ1) is 25.4. The van der Waals surface area contributed by atoms with Gasteiger partial charge < -0.3 is 33.5 Å². The van der Waals surface area contributed by atoms with Gasteiger partial charge in [-0.2, -0.15) is 0 Å². The highest BCUT2D eigenvalue weighted by atomic mass is 32.1. The minimum atomic E-state index is -1.55. The summed E-state index contributed by atoms with van der Waals surface area (Å²) in [5.74, 6) is -2.95. The van der Waals surface area contributed by atoms with Gasteiger partial charge in [0, 0.05) is 35.7 Å². The average molecular weight is 496 g/mol. The standard InChI is InChI=1S/C22H24O11S/c1-10(24)29-17-18(30-11(2)25)20(31-12(3)26)22(33-19(17)21(27)28-4)32-15-6-5-7-16-14(15)8-13(9-23)34-16/h5-8,17-20,22-23H,9H2,1-4H3/t17-,18-,19-,20+,22?/m0/s1. The van der Waals surface area contributed by atoms with E-state index < -0.39 is 54.6 Å². The van der Waals surface area contributed by atoms with Crippen molar-refractivity contribution < 1.29 is 52.7 Å². The number of esters is 4. The molecule has 0 bridgehead atoms. The zero-order valence-electron chi connectivity index (χ0n) is 18.8. The second-order valence-corrected chi connectivity index (χ2v) is 8.50. The number of hydrogen-bond acceptors (Lipinski definition) is 12. The third-order valence-corrected chi connectivity index (χ3v) is 5.89. The molecule has 0 saturated carbocycles. The Morgan fingerprint density at radius 2 is 1.59 bits per heavy atom. The minimum Gasteiger partial charge on any atom is -0.467 e. The second kappa shape index (κ2) is 10.8. The van der Waals surface area contributed by atoms with E-state index in [2.05, 4.69) is 0 Å². The third-order valence-electron chi connectivity index (χ3n) is 4.81. The summed E-state index contributed by atoms with van der Waals surface area (Å²) in [6.07, 6.45) is -7.33. The van der Waals surface area contributed by atoms with Gasteiger partial charge in [-0.05, 0) is 18.2 Å². The van der Waals surface area contributed by atoms with E-state index in [-0.39, 0.29) is 6.61 Å². The molecule has 2 heterocycles. The quantitative estimate of drug-likeness (QED) is 0.439. The van der Waals surface area contributed by atoms with E-state index in [1.165, 1.54) is 11.3 Å². The molecule has 0 spiro atoms. The van der Waals surface area contributed by atoms with Crippen molar-refractivity contribution in [3.8, 4) is 5.75 Å². The molecule has 3 rings (SSSR count). The normalized spacial score (nSPS) is 24.2. The van der Waals surface area contributed by atoms with E-state index in [0.717, 1.165) is 32.6 Å². The molecule has 2 aromatic rings. The molecular formula is C22H24O11S. The van der Waals surface area contributed by atoms with Crippen LogP contribution in [0.4, 0.5) is 0 Å². The second-order valence-electron chi connectivity index (χ2n) is 7.33. The summed E-state index contributed by atoms with van der Waals surface area (Å²) in [7, 11) is 1.11. The van der Waals surface area contributed by atoms with Gasteiger partial charge in [0.15, 0.2) is 18.3 Å². The number of methoxy groups -OCH3 is 1. The van der Waals surface area contributed by atoms with Gasteiger partial charge >= 0.3 is 23.9 Å². The minimum absolute atomic E-state index is 0.169. The topological polar surface area (TPSA) is 144 Å². The predicted octanol–water partition coefficient (Wildman–Crippen LogP) is 1.47. The van der Waals surface area contributed by atoms with E-state index in [1.807, 2.05) is 6.07 Å². The van der Waals surface area contributed by atoms with Crippen molar-refractivity contribution >= 4 is 45.3 Å². The number of aliphatic hydroxyl groups excluding tert-OH is 1. The molecule has 1 unspecified atom stereocenters. The fourth-order valence-electron chi connectivity index (χ4n) is 3.57. The summed E-state index contributed by atoms with van der Waals surface area (Å²) in [6, 6.07) is 6.88. The maximum absolute atomic E-state index is 12.5. The maximum Gasteiger partial charge on any atom is 0.339 e. The highest BCUT2D eigenvalue weighted by Gasteiger charge is 2.55. The van der Waals surface area contributed by atoms with E-state index in [9.17, 15) is 24.3 Å². The number of benzene rings is 1. The summed E-state index contributed by atoms with van der Waals surface area (Å²) in [4.78, 5) is 48.7. The molecule has 1 aliphatic rings. The number of thiophene rings is 1. The van der Waals surface area contributed by atoms with Gasteiger partial charge in [0.2, 0.25) is 12.4 Å². The van der Waals surface area contributed by atoms with Crippen LogP contribution in [0.2, 0.25) is 0 Å². The summed E-state index contributed by atoms with van der Waals surface area (Å²) in [5, 5.41) is 10.1. The van der Waals surface area contributed by atoms with Crippen molar-refractivity contribution in [2.24, 2.45) is 0 Å². The number of rotatable bonds is 7. The molecule has 11 nitrogen and oxygen atoms in total. The molecule has 12 heteroatoms. The van der Waals surface area contributed by atoms with Gasteiger partial charge in [0.1, 0.15) is 5.75 Å². The Kier molecular flexibility index (Phi) is 8.07. The summed E-state index contributed by atoms with van der Waals surface area (Å²) in [6.45, 7) is 3.16. The van der Waals surface area contributed by atoms with Gasteiger partial charge in [-0.15, -0.1) is 11.3 Å². The lowest BCUT2D eigenvalue weighted by Crippen LogP contribution is -2.64. The number of hydrogen-bond donors (Lipinski definition) is 1. The number of carbonyl (C=O) groups is 4. The molecule has 1 aromatic carbocycles. The van der Waals surface area contributed by atoms with Gasteiger partial charge in [0.05, 0.1) is 13.7 Å². The van der Waals surface area contributed by atoms with Crippen LogP contribution in [0.15, 0.2) is 24.3 Å². The molecule has 184 valence electrons. The lowest BCUT2D eigenvalue weighted by atomic mass is 9.97. The van der Waals surface area contributed by atoms with Crippen LogP contribution in [0.3, 0.4) is 0 Å². The van der Waals surface area contributed by atoms with Crippen molar-refractivity contribution in [3.63, 3.8) is 0 Å². The number of carbonyl (C=O) groups excluding carboxylic acids is 4. The molecular weight excluding hydrogens is 472 g/mol. The molecule has 34 heavy (non-hydrogen) atoms. The third kappa shape index (κ3) is 5.64. The Morgan fingerprint density at radius 1 is 0.971 bits per heavy atom. The summed E-state index contributed by atoms with van der Waals surface area (Å²) in [5.41, 5.74) is 0. The van der Waals surface area contributed by atoms with Crippen molar-refractivity contribution in [2.45, 2.75) is 58.1 Å². The Morgan fingerprint density at radius 3 is 2.18 bits per heavy atom. The van der Waals surface area contributed by atoms with Crippen LogP contribution in [-0.2, 0) is 49.5 Å². The first-order valence-corrected chi connectivity index (χ1v) is 11.0. The van der Waals surface area contributed by atoms with E-state index in [1.54, 1.807) is 18.2 Å². The van der Waals surface area contributed by atoms with Gasteiger partial charge in [-0.1, -0.05) is 6.07 Å². The lowest BCUT2D eigenvalue weighted by molar-refractivity contribution is -0.282. The predicted molar refractivity (Wildman–Crippen MR) is 116 cm³/mol. The van der Waals surface area contributed by atoms with Crippen LogP contribution < -0.4 is 4.74 Å². The van der Waals surface area contributed by atoms with Gasteiger partial charge in [-0.3, -0.25) is 14.4 Å². The smallest absolute Gasteiger partial charge is 0.339 e. The van der Waals surface area contributed by atoms with Crippen molar-refractivity contribution in [3.05, 3.63) is 29.1 Å². The number of aliphatic hydroxyl groups is 1. The van der Waals surface area contributed by atoms with Gasteiger partial charge in [-0.25, -0.2) is 4.79 Å². The summed E-state index contributed by atoms with van der Waals surface area (Å²) < 4.78 is 33.3. The molecule has 1 saturated heterocycles. The Balaban J connectivity index is 2.07. The number of ether oxygens (including phenoxy) is 6. The van der Waals surface area contributed by atoms with E-state index in [0.29, 0.717) is 16.0 Å². The Bertz CT molecular complexity index is 1080. The van der Waals surface area contributed by atoms with Crippen LogP contribution >= 0.6 is 11.3 Å². The molecule has 5 atom stereocenters. The van der Waals surface area contributed by atoms with Crippen LogP contribution in [0.5, 0.6) is 5.75 Å². The maximum atomic E-state index is 12.5. The van der Waals surface area contributed by atoms with Gasteiger partial charge in [0.25, 0.3) is 0 Å². The molecule has 0 aliphatic carbocycles.